The van der Waals surface area contributed by atoms with Gasteiger partial charge in [-0.2, -0.15) is 0 Å². The van der Waals surface area contributed by atoms with Crippen molar-refractivity contribution >= 4 is 46.0 Å². The van der Waals surface area contributed by atoms with Crippen LogP contribution in [0, 0.1) is 0 Å². The molecule has 1 saturated heterocycles. The molecular weight excluding hydrogens is 430 g/mol. The van der Waals surface area contributed by atoms with E-state index in [2.05, 4.69) is 10.3 Å². The van der Waals surface area contributed by atoms with Crippen molar-refractivity contribution in [3.8, 4) is 0 Å². The van der Waals surface area contributed by atoms with E-state index < -0.39 is 0 Å². The summed E-state index contributed by atoms with van der Waals surface area (Å²) in [6.45, 7) is 0. The van der Waals surface area contributed by atoms with Crippen LogP contribution in [0.4, 0.5) is 0 Å². The molecule has 31 heavy (non-hydrogen) atoms. The molecule has 3 heterocycles. The molecule has 2 aromatic carbocycles. The number of ketones is 1. The number of benzene rings is 2. The quantitative estimate of drug-likeness (QED) is 0.448. The molecule has 0 spiro atoms. The average molecular weight is 448 g/mol. The van der Waals surface area contributed by atoms with Gasteiger partial charge >= 0.3 is 0 Å². The molecule has 2 aromatic heterocycles. The fraction of sp³-hybridized carbons (Fsp3) is 0.125. The van der Waals surface area contributed by atoms with E-state index in [-0.39, 0.29) is 23.1 Å². The van der Waals surface area contributed by atoms with E-state index in [1.165, 1.54) is 0 Å². The summed E-state index contributed by atoms with van der Waals surface area (Å²) in [4.78, 5) is 30.7. The molecule has 1 fully saturated rings. The van der Waals surface area contributed by atoms with Gasteiger partial charge in [0, 0.05) is 45.9 Å². The zero-order chi connectivity index (χ0) is 21.4. The van der Waals surface area contributed by atoms with Crippen LogP contribution in [-0.4, -0.2) is 33.0 Å². The van der Waals surface area contributed by atoms with Gasteiger partial charge in [-0.3, -0.25) is 24.5 Å². The van der Waals surface area contributed by atoms with Crippen LogP contribution >= 0.6 is 23.4 Å². The number of nitrogens with zero attached hydrogens (tertiary/aromatic N) is 2. The average Bonchev–Trinajstić information content (AvgIpc) is 3.45. The minimum absolute atomic E-state index is 0.0160. The maximum absolute atomic E-state index is 13.4. The molecule has 1 aliphatic rings. The zero-order valence-corrected chi connectivity index (χ0v) is 17.9. The van der Waals surface area contributed by atoms with Crippen molar-refractivity contribution in [2.75, 3.05) is 5.75 Å². The maximum atomic E-state index is 13.4. The molecule has 0 radical (unpaired) electrons. The summed E-state index contributed by atoms with van der Waals surface area (Å²) in [5.41, 5.74) is 2.81. The van der Waals surface area contributed by atoms with Crippen LogP contribution in [0.25, 0.3) is 10.9 Å². The Morgan fingerprint density at radius 2 is 1.87 bits per heavy atom. The second kappa shape index (κ2) is 8.30. The molecule has 2 atom stereocenters. The van der Waals surface area contributed by atoms with Gasteiger partial charge in [0.1, 0.15) is 0 Å². The van der Waals surface area contributed by atoms with E-state index in [0.717, 1.165) is 10.9 Å². The van der Waals surface area contributed by atoms with Crippen LogP contribution in [0.15, 0.2) is 79.3 Å². The molecular formula is C24H18ClN3O2S. The van der Waals surface area contributed by atoms with E-state index >= 15 is 0 Å². The molecule has 1 unspecified atom stereocenters. The van der Waals surface area contributed by atoms with E-state index in [4.69, 9.17) is 11.6 Å². The van der Waals surface area contributed by atoms with Gasteiger partial charge in [0.15, 0.2) is 5.78 Å². The summed E-state index contributed by atoms with van der Waals surface area (Å²) in [6.07, 6.45) is 5.21. The molecule has 1 aliphatic heterocycles. The van der Waals surface area contributed by atoms with Crippen molar-refractivity contribution in [3.05, 3.63) is 101 Å². The number of carbonyl (C=O) groups is 2. The first-order valence-electron chi connectivity index (χ1n) is 9.84. The molecule has 5 rings (SSSR count). The molecule has 0 aliphatic carbocycles. The van der Waals surface area contributed by atoms with Crippen molar-refractivity contribution < 1.29 is 9.59 Å². The van der Waals surface area contributed by atoms with Gasteiger partial charge in [0.2, 0.25) is 0 Å². The lowest BCUT2D eigenvalue weighted by Crippen LogP contribution is -2.34. The second-order valence-electron chi connectivity index (χ2n) is 7.33. The van der Waals surface area contributed by atoms with Crippen LogP contribution < -0.4 is 5.32 Å². The first-order chi connectivity index (χ1) is 15.1. The lowest BCUT2D eigenvalue weighted by Gasteiger charge is -2.12. The van der Waals surface area contributed by atoms with E-state index in [0.29, 0.717) is 27.4 Å². The highest BCUT2D eigenvalue weighted by atomic mass is 35.5. The lowest BCUT2D eigenvalue weighted by molar-refractivity contribution is 0.0957. The van der Waals surface area contributed by atoms with Crippen LogP contribution in [0.5, 0.6) is 0 Å². The Hall–Kier alpha value is -2.93. The number of rotatable bonds is 4. The van der Waals surface area contributed by atoms with Crippen LogP contribution in [0.2, 0.25) is 5.02 Å². The first kappa shape index (κ1) is 20.0. The lowest BCUT2D eigenvalue weighted by atomic mass is 10.0. The minimum Gasteiger partial charge on any atom is -0.292 e. The van der Waals surface area contributed by atoms with Crippen molar-refractivity contribution in [2.24, 2.45) is 0 Å². The molecule has 0 amide bonds. The Bertz CT molecular complexity index is 1270. The Labute approximate surface area is 188 Å². The van der Waals surface area contributed by atoms with E-state index in [9.17, 15) is 9.59 Å². The predicted molar refractivity (Wildman–Crippen MR) is 124 cm³/mol. The third-order valence-electron chi connectivity index (χ3n) is 5.37. The smallest absolute Gasteiger partial charge is 0.262 e. The number of halogens is 1. The molecule has 5 nitrogen and oxygen atoms in total. The van der Waals surface area contributed by atoms with Gasteiger partial charge in [0.05, 0.1) is 16.9 Å². The number of Topliss-reactive ketones (excluding diaryl/α,β-unsaturated/α-hetero) is 1. The monoisotopic (exact) mass is 447 g/mol. The van der Waals surface area contributed by atoms with Gasteiger partial charge in [-0.25, -0.2) is 0 Å². The van der Waals surface area contributed by atoms with Gasteiger partial charge in [-0.05, 0) is 42.0 Å². The topological polar surface area (TPSA) is 64.0 Å². The number of aromatic nitrogens is 2. The summed E-state index contributed by atoms with van der Waals surface area (Å²) >= 11 is 7.64. The van der Waals surface area contributed by atoms with Crippen LogP contribution in [0.1, 0.15) is 31.7 Å². The third-order valence-corrected chi connectivity index (χ3v) is 6.89. The third kappa shape index (κ3) is 3.78. The molecule has 0 bridgehead atoms. The number of hydrogen-bond donors (Lipinski definition) is 1. The van der Waals surface area contributed by atoms with E-state index in [1.54, 1.807) is 53.0 Å². The van der Waals surface area contributed by atoms with Crippen molar-refractivity contribution in [1.29, 1.82) is 0 Å². The van der Waals surface area contributed by atoms with Gasteiger partial charge in [-0.1, -0.05) is 35.9 Å². The standard InChI is InChI=1S/C24H18ClN3O2S/c25-17-9-7-15(8-10-17)24(30)28-13-19(18-5-1-2-6-21(18)28)22(29)20-14-31-23(27-20)16-4-3-11-26-12-16/h1-13,20,23,27H,14H2/t20-,23?/m0/s1. The first-order valence-corrected chi connectivity index (χ1v) is 11.3. The highest BCUT2D eigenvalue weighted by molar-refractivity contribution is 7.99. The minimum atomic E-state index is -0.333. The van der Waals surface area contributed by atoms with Crippen LogP contribution in [-0.2, 0) is 0 Å². The molecule has 154 valence electrons. The summed E-state index contributed by atoms with van der Waals surface area (Å²) in [5.74, 6) is 0.440. The number of carbonyl (C=O) groups excluding carboxylic acids is 2. The van der Waals surface area contributed by atoms with Crippen LogP contribution in [0.3, 0.4) is 0 Å². The Morgan fingerprint density at radius 1 is 1.06 bits per heavy atom. The van der Waals surface area contributed by atoms with Crippen molar-refractivity contribution in [1.82, 2.24) is 14.9 Å². The Balaban J connectivity index is 1.47. The van der Waals surface area contributed by atoms with Crippen molar-refractivity contribution in [2.45, 2.75) is 11.4 Å². The number of nitrogens with one attached hydrogen (secondary N) is 1. The fourth-order valence-electron chi connectivity index (χ4n) is 3.81. The Kier molecular flexibility index (Phi) is 5.36. The number of fused-ring (bicyclic) bond motifs is 1. The largest absolute Gasteiger partial charge is 0.292 e. The Morgan fingerprint density at radius 3 is 2.65 bits per heavy atom. The van der Waals surface area contributed by atoms with E-state index in [1.807, 2.05) is 42.6 Å². The predicted octanol–water partition coefficient (Wildman–Crippen LogP) is 4.96. The number of para-hydroxylation sites is 1. The zero-order valence-electron chi connectivity index (χ0n) is 16.4. The summed E-state index contributed by atoms with van der Waals surface area (Å²) in [6, 6.07) is 17.8. The maximum Gasteiger partial charge on any atom is 0.262 e. The summed E-state index contributed by atoms with van der Waals surface area (Å²) < 4.78 is 1.55. The van der Waals surface area contributed by atoms with Gasteiger partial charge < -0.3 is 0 Å². The highest BCUT2D eigenvalue weighted by Crippen LogP contribution is 2.34. The summed E-state index contributed by atoms with van der Waals surface area (Å²) in [7, 11) is 0. The fourth-order valence-corrected chi connectivity index (χ4v) is 5.16. The molecule has 4 aromatic rings. The highest BCUT2D eigenvalue weighted by Gasteiger charge is 2.33. The number of pyridine rings is 1. The molecule has 0 saturated carbocycles. The van der Waals surface area contributed by atoms with Gasteiger partial charge in [0.25, 0.3) is 5.91 Å². The normalized spacial score (nSPS) is 18.4. The van der Waals surface area contributed by atoms with Crippen molar-refractivity contribution in [3.63, 3.8) is 0 Å². The second-order valence-corrected chi connectivity index (χ2v) is 8.90. The van der Waals surface area contributed by atoms with Gasteiger partial charge in [-0.15, -0.1) is 11.8 Å². The molecule has 1 N–H and O–H groups in total. The molecule has 7 heteroatoms. The summed E-state index contributed by atoms with van der Waals surface area (Å²) in [5, 5.41) is 4.77. The number of hydrogen-bond acceptors (Lipinski definition) is 5. The number of thioether (sulfide) groups is 1. The SMILES string of the molecule is O=C(c1cn(C(=O)c2ccc(Cl)cc2)c2ccccc12)[C@@H]1CSC(c2cccnc2)N1.